The van der Waals surface area contributed by atoms with E-state index in [0.717, 1.165) is 17.9 Å². The molecule has 1 nitrogen and oxygen atoms in total. The topological polar surface area (TPSA) is 13.1 Å². The van der Waals surface area contributed by atoms with Gasteiger partial charge in [-0.15, -0.1) is 0 Å². The summed E-state index contributed by atoms with van der Waals surface area (Å²) in [6, 6.07) is 4.07. The lowest BCUT2D eigenvalue weighted by Crippen LogP contribution is -2.08. The molecule has 0 fully saturated rings. The van der Waals surface area contributed by atoms with E-state index in [0.29, 0.717) is 5.41 Å². The molecule has 0 bridgehead atoms. The lowest BCUT2D eigenvalue weighted by atomic mass is 9.91. The van der Waals surface area contributed by atoms with Crippen LogP contribution in [0.15, 0.2) is 16.5 Å². The van der Waals surface area contributed by atoms with Gasteiger partial charge < -0.3 is 4.42 Å². The Kier molecular flexibility index (Phi) is 4.82. The monoisotopic (exact) mass is 182 g/mol. The first-order valence-corrected chi connectivity index (χ1v) is 5.03. The van der Waals surface area contributed by atoms with Gasteiger partial charge in [-0.25, -0.2) is 0 Å². The van der Waals surface area contributed by atoms with Crippen LogP contribution in [0.1, 0.15) is 46.1 Å². The van der Waals surface area contributed by atoms with Crippen LogP contribution in [-0.4, -0.2) is 0 Å². The molecular formula is C12H22O. The minimum absolute atomic E-state index is 0.324. The van der Waals surface area contributed by atoms with Crippen LogP contribution in [0.5, 0.6) is 0 Å². The molecule has 0 radical (unpaired) electrons. The maximum Gasteiger partial charge on any atom is 0.104 e. The summed E-state index contributed by atoms with van der Waals surface area (Å²) < 4.78 is 5.46. The normalized spacial score (nSPS) is 10.6. The van der Waals surface area contributed by atoms with Gasteiger partial charge in [-0.1, -0.05) is 34.6 Å². The Morgan fingerprint density at radius 1 is 1.15 bits per heavy atom. The van der Waals surface area contributed by atoms with Gasteiger partial charge in [-0.2, -0.15) is 0 Å². The van der Waals surface area contributed by atoms with E-state index in [2.05, 4.69) is 26.8 Å². The van der Waals surface area contributed by atoms with Gasteiger partial charge in [-0.05, 0) is 24.5 Å². The summed E-state index contributed by atoms with van der Waals surface area (Å²) in [5.41, 5.74) is 0.324. The molecule has 0 saturated carbocycles. The van der Waals surface area contributed by atoms with Crippen LogP contribution < -0.4 is 0 Å². The van der Waals surface area contributed by atoms with Gasteiger partial charge in [0.25, 0.3) is 0 Å². The molecule has 1 rings (SSSR count). The standard InChI is InChI=1S/C10H16O.C2H6/c1-8-5-6-9(11-8)7-10(2,3)4;1-2/h5-6H,7H2,1-4H3;1-2H3. The molecule has 1 aromatic rings. The number of hydrogen-bond donors (Lipinski definition) is 0. The van der Waals surface area contributed by atoms with Crippen LogP contribution in [0.3, 0.4) is 0 Å². The molecule has 0 N–H and O–H groups in total. The summed E-state index contributed by atoms with van der Waals surface area (Å²) in [5.74, 6) is 2.10. The molecule has 1 heteroatoms. The van der Waals surface area contributed by atoms with Crippen molar-refractivity contribution in [1.29, 1.82) is 0 Å². The first kappa shape index (κ1) is 12.3. The maximum absolute atomic E-state index is 5.46. The molecule has 0 aliphatic rings. The number of rotatable bonds is 1. The molecule has 0 aliphatic carbocycles. The summed E-state index contributed by atoms with van der Waals surface area (Å²) >= 11 is 0. The van der Waals surface area contributed by atoms with Crippen molar-refractivity contribution in [1.82, 2.24) is 0 Å². The van der Waals surface area contributed by atoms with Crippen molar-refractivity contribution in [2.24, 2.45) is 5.41 Å². The lowest BCUT2D eigenvalue weighted by Gasteiger charge is -2.15. The third kappa shape index (κ3) is 5.51. The van der Waals surface area contributed by atoms with Crippen LogP contribution in [0.4, 0.5) is 0 Å². The number of furan rings is 1. The fraction of sp³-hybridized carbons (Fsp3) is 0.667. The van der Waals surface area contributed by atoms with E-state index in [9.17, 15) is 0 Å². The van der Waals surface area contributed by atoms with E-state index in [4.69, 9.17) is 4.42 Å². The average Bonchev–Trinajstić information content (AvgIpc) is 2.36. The van der Waals surface area contributed by atoms with Crippen molar-refractivity contribution in [3.05, 3.63) is 23.7 Å². The van der Waals surface area contributed by atoms with Crippen LogP contribution >= 0.6 is 0 Å². The van der Waals surface area contributed by atoms with Gasteiger partial charge in [-0.3, -0.25) is 0 Å². The lowest BCUT2D eigenvalue weighted by molar-refractivity contribution is 0.357. The second-order valence-electron chi connectivity index (χ2n) is 4.25. The van der Waals surface area contributed by atoms with Crippen LogP contribution in [0, 0.1) is 12.3 Å². The Morgan fingerprint density at radius 3 is 2.00 bits per heavy atom. The van der Waals surface area contributed by atoms with E-state index in [1.54, 1.807) is 0 Å². The Bertz CT molecular complexity index is 228. The van der Waals surface area contributed by atoms with E-state index < -0.39 is 0 Å². The molecule has 0 aromatic carbocycles. The second-order valence-corrected chi connectivity index (χ2v) is 4.25. The van der Waals surface area contributed by atoms with Gasteiger partial charge >= 0.3 is 0 Å². The predicted octanol–water partition coefficient (Wildman–Crippen LogP) is 4.20. The quantitative estimate of drug-likeness (QED) is 0.634. The fourth-order valence-corrected chi connectivity index (χ4v) is 1.10. The van der Waals surface area contributed by atoms with E-state index in [-0.39, 0.29) is 0 Å². The average molecular weight is 182 g/mol. The Hall–Kier alpha value is -0.720. The van der Waals surface area contributed by atoms with E-state index in [1.165, 1.54) is 0 Å². The van der Waals surface area contributed by atoms with Gasteiger partial charge in [0.1, 0.15) is 11.5 Å². The second kappa shape index (κ2) is 5.11. The molecule has 0 aliphatic heterocycles. The Labute approximate surface area is 82.2 Å². The molecule has 13 heavy (non-hydrogen) atoms. The highest BCUT2D eigenvalue weighted by Crippen LogP contribution is 2.21. The highest BCUT2D eigenvalue weighted by atomic mass is 16.3. The zero-order chi connectivity index (χ0) is 10.5. The summed E-state index contributed by atoms with van der Waals surface area (Å²) in [6.45, 7) is 12.6. The SMILES string of the molecule is CC.Cc1ccc(CC(C)(C)C)o1. The molecule has 0 amide bonds. The van der Waals surface area contributed by atoms with Gasteiger partial charge in [0.15, 0.2) is 0 Å². The Balaban J connectivity index is 0.000000671. The maximum atomic E-state index is 5.46. The molecule has 0 unspecified atom stereocenters. The third-order valence-corrected chi connectivity index (χ3v) is 1.50. The van der Waals surface area contributed by atoms with Crippen molar-refractivity contribution >= 4 is 0 Å². The smallest absolute Gasteiger partial charge is 0.104 e. The third-order valence-electron chi connectivity index (χ3n) is 1.50. The fourth-order valence-electron chi connectivity index (χ4n) is 1.10. The molecular weight excluding hydrogens is 160 g/mol. The summed E-state index contributed by atoms with van der Waals surface area (Å²) in [6.07, 6.45) is 1.01. The summed E-state index contributed by atoms with van der Waals surface area (Å²) in [4.78, 5) is 0. The van der Waals surface area contributed by atoms with Gasteiger partial charge in [0.2, 0.25) is 0 Å². The van der Waals surface area contributed by atoms with Crippen LogP contribution in [-0.2, 0) is 6.42 Å². The molecule has 1 heterocycles. The first-order valence-electron chi connectivity index (χ1n) is 5.03. The van der Waals surface area contributed by atoms with E-state index >= 15 is 0 Å². The minimum atomic E-state index is 0.324. The molecule has 1 aromatic heterocycles. The van der Waals surface area contributed by atoms with Crippen molar-refractivity contribution in [3.63, 3.8) is 0 Å². The number of hydrogen-bond acceptors (Lipinski definition) is 1. The van der Waals surface area contributed by atoms with Crippen molar-refractivity contribution in [3.8, 4) is 0 Å². The molecule has 76 valence electrons. The van der Waals surface area contributed by atoms with Crippen molar-refractivity contribution in [2.45, 2.75) is 48.0 Å². The summed E-state index contributed by atoms with van der Waals surface area (Å²) in [5, 5.41) is 0. The van der Waals surface area contributed by atoms with E-state index in [1.807, 2.05) is 26.8 Å². The Morgan fingerprint density at radius 2 is 1.69 bits per heavy atom. The first-order chi connectivity index (χ1) is 5.97. The molecule has 0 spiro atoms. The number of aryl methyl sites for hydroxylation is 1. The van der Waals surface area contributed by atoms with Crippen molar-refractivity contribution in [2.75, 3.05) is 0 Å². The molecule has 0 atom stereocenters. The highest BCUT2D eigenvalue weighted by molar-refractivity contribution is 5.06. The zero-order valence-corrected chi connectivity index (χ0v) is 9.77. The predicted molar refractivity (Wildman–Crippen MR) is 58.0 cm³/mol. The van der Waals surface area contributed by atoms with Crippen LogP contribution in [0.25, 0.3) is 0 Å². The molecule has 0 saturated heterocycles. The minimum Gasteiger partial charge on any atom is -0.466 e. The van der Waals surface area contributed by atoms with Crippen molar-refractivity contribution < 1.29 is 4.42 Å². The largest absolute Gasteiger partial charge is 0.466 e. The highest BCUT2D eigenvalue weighted by Gasteiger charge is 2.12. The summed E-state index contributed by atoms with van der Waals surface area (Å²) in [7, 11) is 0. The van der Waals surface area contributed by atoms with Gasteiger partial charge in [0, 0.05) is 6.42 Å². The zero-order valence-electron chi connectivity index (χ0n) is 9.77. The van der Waals surface area contributed by atoms with Gasteiger partial charge in [0.05, 0.1) is 0 Å². The van der Waals surface area contributed by atoms with Crippen LogP contribution in [0.2, 0.25) is 0 Å².